The molecule has 0 spiro atoms. The van der Waals surface area contributed by atoms with E-state index in [1.165, 1.54) is 0 Å². The molecule has 5 rings (SSSR count). The predicted molar refractivity (Wildman–Crippen MR) is 407 cm³/mol. The van der Waals surface area contributed by atoms with Crippen LogP contribution in [-0.2, 0) is 86.6 Å². The van der Waals surface area contributed by atoms with E-state index in [-0.39, 0.29) is 58.9 Å². The van der Waals surface area contributed by atoms with E-state index in [1.807, 2.05) is 30.3 Å². The van der Waals surface area contributed by atoms with Gasteiger partial charge in [-0.3, -0.25) is 43.2 Å². The van der Waals surface area contributed by atoms with Gasteiger partial charge in [0.15, 0.2) is 11.6 Å². The van der Waals surface area contributed by atoms with Gasteiger partial charge in [-0.25, -0.2) is 9.59 Å². The van der Waals surface area contributed by atoms with Crippen molar-refractivity contribution in [2.24, 2.45) is 17.2 Å². The fraction of sp³-hybridized carbons (Fsp3) is 0.461. The van der Waals surface area contributed by atoms with Crippen LogP contribution in [0.5, 0.6) is 0 Å². The maximum absolute atomic E-state index is 11.9. The van der Waals surface area contributed by atoms with E-state index in [0.29, 0.717) is 195 Å². The third-order valence-corrected chi connectivity index (χ3v) is 14.4. The zero-order chi connectivity index (χ0) is 78.7. The fourth-order valence-corrected chi connectivity index (χ4v) is 8.53. The highest BCUT2D eigenvalue weighted by Crippen LogP contribution is 2.15. The number of carbonyl (C=O) groups excluding carboxylic acids is 9. The first kappa shape index (κ1) is 100. The molecule has 0 unspecified atom stereocenters. The molecule has 0 atom stereocenters. The average molecular weight is 1560 g/mol. The van der Waals surface area contributed by atoms with Crippen LogP contribution in [0, 0.1) is 0 Å². The van der Waals surface area contributed by atoms with E-state index in [4.69, 9.17) is 99.6 Å². The first-order valence-corrected chi connectivity index (χ1v) is 36.7. The van der Waals surface area contributed by atoms with Gasteiger partial charge in [0.25, 0.3) is 5.91 Å². The van der Waals surface area contributed by atoms with Crippen LogP contribution in [0.15, 0.2) is 121 Å². The van der Waals surface area contributed by atoms with Gasteiger partial charge in [-0.05, 0) is 157 Å². The number of halogens is 5. The van der Waals surface area contributed by atoms with Gasteiger partial charge in [-0.15, -0.1) is 58.0 Å². The van der Waals surface area contributed by atoms with Gasteiger partial charge in [0.05, 0.1) is 57.2 Å². The van der Waals surface area contributed by atoms with Crippen molar-refractivity contribution in [2.75, 3.05) is 65.8 Å². The standard InChI is InChI=1S/C15H19ClO3.C14H18ClNO3.C14H17ClO3.2C8H7ClO2.2C6H13NO2.C5H11NO2/c1-2-19-15(18)6-4-3-5-14(17)13-9-7-12(11-16)8-10-13;1-2-19-13(17)7-4-8-16-14(18)12-6-3-5-11(9-12)10-15;1-2-18-14(17)5-3-4-13(16)12-8-6-11(10-15)7-9-12;9-5-6-1-3-7(4-2-6)8(10)11;9-5-6-2-1-3-7(4-6)8(10)11;2*1-2-9-6(8)4-3-5-7;1-2-8-5(7)3-4-6/h7-10H,2-6,11H2,1H3;3,5-6,9H,2,4,7-8,10H2,1H3,(H,16,18);6-9H,2-5,10H2,1H3;2*1-4H,5H2,(H,10,11);2*2-5,7H2,1H3;2-4,6H2,1H3. The average Bonchev–Trinajstić information content (AvgIpc) is 0.927. The Morgan fingerprint density at radius 1 is 0.317 bits per heavy atom. The molecule has 9 N–H and O–H groups in total. The summed E-state index contributed by atoms with van der Waals surface area (Å²) in [5.41, 5.74) is 22.5. The summed E-state index contributed by atoms with van der Waals surface area (Å²) in [7, 11) is 0. The summed E-state index contributed by atoms with van der Waals surface area (Å²) in [4.78, 5) is 121. The molecule has 5 aromatic carbocycles. The monoisotopic (exact) mass is 1550 g/mol. The Morgan fingerprint density at radius 2 is 0.606 bits per heavy atom. The van der Waals surface area contributed by atoms with Gasteiger partial charge in [0.2, 0.25) is 0 Å². The molecule has 578 valence electrons. The molecule has 23 nitrogen and oxygen atoms in total. The van der Waals surface area contributed by atoms with Crippen LogP contribution in [0.1, 0.15) is 211 Å². The van der Waals surface area contributed by atoms with E-state index < -0.39 is 11.9 Å². The zero-order valence-corrected chi connectivity index (χ0v) is 64.3. The molecule has 0 aliphatic rings. The number of unbranched alkanes of at least 4 members (excludes halogenated alkanes) is 1. The Labute approximate surface area is 637 Å². The molecule has 104 heavy (non-hydrogen) atoms. The van der Waals surface area contributed by atoms with Crippen LogP contribution in [0.25, 0.3) is 0 Å². The Hall–Kier alpha value is -8.00. The maximum atomic E-state index is 11.9. The molecule has 0 bridgehead atoms. The predicted octanol–water partition coefficient (Wildman–Crippen LogP) is 14.3. The van der Waals surface area contributed by atoms with E-state index in [0.717, 1.165) is 40.7 Å². The number of hydrogen-bond donors (Lipinski definition) is 6. The van der Waals surface area contributed by atoms with Gasteiger partial charge in [-0.2, -0.15) is 0 Å². The van der Waals surface area contributed by atoms with E-state index in [2.05, 4.69) is 19.5 Å². The Kier molecular flexibility index (Phi) is 65.6. The van der Waals surface area contributed by atoms with Gasteiger partial charge in [0.1, 0.15) is 0 Å². The van der Waals surface area contributed by atoms with Gasteiger partial charge >= 0.3 is 47.8 Å². The number of ketones is 2. The maximum Gasteiger partial charge on any atom is 0.335 e. The second-order valence-electron chi connectivity index (χ2n) is 21.2. The SMILES string of the molecule is CCOC(=O)CCCC(=O)c1ccc(CCl)cc1.CCOC(=O)CCCCC(=O)c1ccc(CCl)cc1.CCOC(=O)CCCN.CCOC(=O)CCCN.CCOC(=O)CCCNC(=O)c1cccc(CCl)c1.CCOC(=O)CCN.O=C(O)c1ccc(CCl)cc1.O=C(O)c1cccc(CCl)c1. The fourth-order valence-electron chi connectivity index (χ4n) is 7.66. The normalized spacial score (nSPS) is 9.71. The highest BCUT2D eigenvalue weighted by molar-refractivity contribution is 6.18. The topological polar surface area (TPSA) is 374 Å². The minimum atomic E-state index is -0.919. The van der Waals surface area contributed by atoms with E-state index in [1.54, 1.807) is 133 Å². The minimum Gasteiger partial charge on any atom is -0.478 e. The summed E-state index contributed by atoms with van der Waals surface area (Å²) in [6.45, 7) is 15.1. The number of ether oxygens (including phenoxy) is 6. The lowest BCUT2D eigenvalue weighted by atomic mass is 10.0. The number of benzene rings is 5. The molecule has 28 heteroatoms. The summed E-state index contributed by atoms with van der Waals surface area (Å²) in [5.74, 6) is -0.994. The number of nitrogens with two attached hydrogens (primary N) is 3. The van der Waals surface area contributed by atoms with E-state index >= 15 is 0 Å². The van der Waals surface area contributed by atoms with E-state index in [9.17, 15) is 52.7 Å². The summed E-state index contributed by atoms with van der Waals surface area (Å²) in [6, 6.07) is 34.8. The Balaban J connectivity index is -0.00000115. The number of carboxylic acids is 2. The van der Waals surface area contributed by atoms with Crippen molar-refractivity contribution >= 4 is 123 Å². The number of carboxylic acid groups (broad SMARTS) is 2. The van der Waals surface area contributed by atoms with Crippen LogP contribution < -0.4 is 22.5 Å². The summed E-state index contributed by atoms with van der Waals surface area (Å²) in [5, 5.41) is 19.8. The zero-order valence-electron chi connectivity index (χ0n) is 60.5. The van der Waals surface area contributed by atoms with Gasteiger partial charge in [0, 0.05) is 104 Å². The number of esters is 6. The third-order valence-electron chi connectivity index (χ3n) is 12.9. The Morgan fingerprint density at radius 3 is 0.933 bits per heavy atom. The highest BCUT2D eigenvalue weighted by atomic mass is 35.5. The van der Waals surface area contributed by atoms with Gasteiger partial charge < -0.3 is 61.2 Å². The lowest BCUT2D eigenvalue weighted by Gasteiger charge is -2.06. The molecule has 1 amide bonds. The number of rotatable bonds is 37. The minimum absolute atomic E-state index is 0.0421. The molecule has 0 aliphatic carbocycles. The number of nitrogens with one attached hydrogen (secondary N) is 1. The van der Waals surface area contributed by atoms with Crippen molar-refractivity contribution in [2.45, 2.75) is 161 Å². The van der Waals surface area contributed by atoms with Crippen LogP contribution >= 0.6 is 58.0 Å². The van der Waals surface area contributed by atoms with Crippen molar-refractivity contribution < 1.29 is 91.4 Å². The molecule has 0 heterocycles. The molecule has 0 saturated heterocycles. The van der Waals surface area contributed by atoms with Crippen molar-refractivity contribution in [1.82, 2.24) is 5.32 Å². The second-order valence-corrected chi connectivity index (χ2v) is 22.5. The van der Waals surface area contributed by atoms with Crippen molar-refractivity contribution in [3.05, 3.63) is 177 Å². The number of carbonyl (C=O) groups is 11. The number of amides is 1. The van der Waals surface area contributed by atoms with Crippen LogP contribution in [0.4, 0.5) is 0 Å². The lowest BCUT2D eigenvalue weighted by Crippen LogP contribution is -2.25. The molecule has 5 aromatic rings. The molecule has 0 aliphatic heterocycles. The summed E-state index contributed by atoms with van der Waals surface area (Å²) < 4.78 is 28.3. The number of aromatic carboxylic acids is 2. The quantitative estimate of drug-likeness (QED) is 0.00707. The summed E-state index contributed by atoms with van der Waals surface area (Å²) in [6.07, 6.45) is 6.95. The van der Waals surface area contributed by atoms with Crippen molar-refractivity contribution in [1.29, 1.82) is 0 Å². The summed E-state index contributed by atoms with van der Waals surface area (Å²) >= 11 is 28.1. The number of Topliss-reactive ketones (excluding diaryl/α,β-unsaturated/α-hetero) is 2. The third kappa shape index (κ3) is 55.5. The number of alkyl halides is 5. The molecular weight excluding hydrogens is 1450 g/mol. The Bertz CT molecular complexity index is 3170. The molecule has 0 radical (unpaired) electrons. The van der Waals surface area contributed by atoms with Crippen molar-refractivity contribution in [3.63, 3.8) is 0 Å². The lowest BCUT2D eigenvalue weighted by molar-refractivity contribution is -0.144. The van der Waals surface area contributed by atoms with Crippen LogP contribution in [-0.4, -0.2) is 141 Å². The second kappa shape index (κ2) is 68.1. The molecular formula is C76H105Cl5N4O19. The molecule has 0 aromatic heterocycles. The first-order valence-electron chi connectivity index (χ1n) is 34.0. The van der Waals surface area contributed by atoms with Crippen LogP contribution in [0.2, 0.25) is 0 Å². The number of hydrogen-bond acceptors (Lipinski definition) is 20. The van der Waals surface area contributed by atoms with Crippen molar-refractivity contribution in [3.8, 4) is 0 Å². The van der Waals surface area contributed by atoms with Gasteiger partial charge in [-0.1, -0.05) is 84.9 Å². The highest BCUT2D eigenvalue weighted by Gasteiger charge is 2.12. The van der Waals surface area contributed by atoms with Crippen LogP contribution in [0.3, 0.4) is 0 Å². The molecule has 0 fully saturated rings. The molecule has 0 saturated carbocycles. The smallest absolute Gasteiger partial charge is 0.335 e. The first-order chi connectivity index (χ1) is 49.9. The largest absolute Gasteiger partial charge is 0.478 e.